The van der Waals surface area contributed by atoms with Gasteiger partial charge in [0.1, 0.15) is 0 Å². The Labute approximate surface area is 115 Å². The fraction of sp³-hybridized carbons (Fsp3) is 0.571. The van der Waals surface area contributed by atoms with Crippen LogP contribution in [0.1, 0.15) is 25.0 Å². The van der Waals surface area contributed by atoms with Gasteiger partial charge in [-0.15, -0.1) is 0 Å². The van der Waals surface area contributed by atoms with Crippen LogP contribution in [0.2, 0.25) is 0 Å². The van der Waals surface area contributed by atoms with Gasteiger partial charge in [-0.05, 0) is 51.0 Å². The van der Waals surface area contributed by atoms with Gasteiger partial charge in [0.15, 0.2) is 0 Å². The Morgan fingerprint density at radius 2 is 1.74 bits per heavy atom. The maximum atomic E-state index is 12.7. The lowest BCUT2D eigenvalue weighted by Crippen LogP contribution is -2.56. The molecule has 1 saturated heterocycles. The van der Waals surface area contributed by atoms with E-state index >= 15 is 0 Å². The van der Waals surface area contributed by atoms with Crippen LogP contribution in [-0.2, 0) is 10.0 Å². The highest BCUT2D eigenvalue weighted by Crippen LogP contribution is 2.22. The third kappa shape index (κ3) is 2.99. The summed E-state index contributed by atoms with van der Waals surface area (Å²) in [6.07, 6.45) is 0. The molecule has 0 aromatic heterocycles. The van der Waals surface area contributed by atoms with Gasteiger partial charge in [-0.3, -0.25) is 0 Å². The Bertz CT molecular complexity index is 549. The largest absolute Gasteiger partial charge is 0.311 e. The molecular weight excluding hydrogens is 260 g/mol. The van der Waals surface area contributed by atoms with Crippen molar-refractivity contribution in [1.29, 1.82) is 0 Å². The molecule has 19 heavy (non-hydrogen) atoms. The number of nitrogens with one attached hydrogen (secondary N) is 1. The summed E-state index contributed by atoms with van der Waals surface area (Å²) in [7, 11) is -3.40. The van der Waals surface area contributed by atoms with Crippen molar-refractivity contribution >= 4 is 10.0 Å². The van der Waals surface area contributed by atoms with Gasteiger partial charge in [-0.1, -0.05) is 6.07 Å². The molecule has 2 rings (SSSR count). The standard InChI is InChI=1S/C14H22N2O2S/c1-10-5-11(2)7-14(6-10)19(17,18)16-9-12(3)15-8-13(16)4/h5-7,12-13,15H,8-9H2,1-4H3. The molecule has 0 amide bonds. The molecule has 1 aromatic rings. The fourth-order valence-corrected chi connectivity index (χ4v) is 4.45. The highest BCUT2D eigenvalue weighted by Gasteiger charge is 2.33. The number of rotatable bonds is 2. The Morgan fingerprint density at radius 3 is 2.32 bits per heavy atom. The highest BCUT2D eigenvalue weighted by atomic mass is 32.2. The van der Waals surface area contributed by atoms with Crippen LogP contribution in [-0.4, -0.2) is 37.9 Å². The van der Waals surface area contributed by atoms with Gasteiger partial charge in [-0.25, -0.2) is 8.42 Å². The summed E-state index contributed by atoms with van der Waals surface area (Å²) in [4.78, 5) is 0.408. The maximum Gasteiger partial charge on any atom is 0.243 e. The molecule has 106 valence electrons. The quantitative estimate of drug-likeness (QED) is 0.898. The van der Waals surface area contributed by atoms with Crippen LogP contribution >= 0.6 is 0 Å². The molecule has 1 N–H and O–H groups in total. The molecule has 4 nitrogen and oxygen atoms in total. The number of hydrogen-bond acceptors (Lipinski definition) is 3. The van der Waals surface area contributed by atoms with E-state index in [2.05, 4.69) is 5.32 Å². The van der Waals surface area contributed by atoms with E-state index in [9.17, 15) is 8.42 Å². The van der Waals surface area contributed by atoms with E-state index in [0.717, 1.165) is 11.1 Å². The minimum Gasteiger partial charge on any atom is -0.311 e. The van der Waals surface area contributed by atoms with E-state index < -0.39 is 10.0 Å². The Balaban J connectivity index is 2.40. The van der Waals surface area contributed by atoms with Crippen molar-refractivity contribution in [3.63, 3.8) is 0 Å². The maximum absolute atomic E-state index is 12.7. The average molecular weight is 282 g/mol. The summed E-state index contributed by atoms with van der Waals surface area (Å²) in [6.45, 7) is 9.03. The van der Waals surface area contributed by atoms with E-state index in [1.807, 2.05) is 33.8 Å². The topological polar surface area (TPSA) is 49.4 Å². The third-order valence-electron chi connectivity index (χ3n) is 3.51. The van der Waals surface area contributed by atoms with Gasteiger partial charge in [0.25, 0.3) is 0 Å². The summed E-state index contributed by atoms with van der Waals surface area (Å²) >= 11 is 0. The molecule has 0 aliphatic carbocycles. The molecule has 1 fully saturated rings. The van der Waals surface area contributed by atoms with Gasteiger partial charge >= 0.3 is 0 Å². The second-order valence-corrected chi connectivity index (χ2v) is 7.45. The van der Waals surface area contributed by atoms with E-state index in [-0.39, 0.29) is 12.1 Å². The first kappa shape index (κ1) is 14.5. The molecule has 1 aromatic carbocycles. The fourth-order valence-electron chi connectivity index (χ4n) is 2.54. The number of piperazine rings is 1. The number of hydrogen-bond donors (Lipinski definition) is 1. The van der Waals surface area contributed by atoms with Gasteiger partial charge < -0.3 is 5.32 Å². The van der Waals surface area contributed by atoms with Crippen molar-refractivity contribution in [1.82, 2.24) is 9.62 Å². The first-order chi connectivity index (χ1) is 8.80. The molecule has 1 heterocycles. The van der Waals surface area contributed by atoms with E-state index in [1.54, 1.807) is 16.4 Å². The van der Waals surface area contributed by atoms with Crippen LogP contribution in [0.15, 0.2) is 23.1 Å². The second kappa shape index (κ2) is 5.23. The van der Waals surface area contributed by atoms with Crippen molar-refractivity contribution < 1.29 is 8.42 Å². The predicted molar refractivity (Wildman–Crippen MR) is 76.7 cm³/mol. The van der Waals surface area contributed by atoms with Crippen LogP contribution in [0.3, 0.4) is 0 Å². The van der Waals surface area contributed by atoms with Gasteiger partial charge in [0.2, 0.25) is 10.0 Å². The third-order valence-corrected chi connectivity index (χ3v) is 5.47. The molecule has 0 radical (unpaired) electrons. The molecule has 0 spiro atoms. The molecule has 1 aliphatic rings. The Hall–Kier alpha value is -0.910. The predicted octanol–water partition coefficient (Wildman–Crippen LogP) is 1.67. The molecule has 1 aliphatic heterocycles. The summed E-state index contributed by atoms with van der Waals surface area (Å²) in [5.74, 6) is 0. The monoisotopic (exact) mass is 282 g/mol. The van der Waals surface area contributed by atoms with Crippen LogP contribution in [0.25, 0.3) is 0 Å². The van der Waals surface area contributed by atoms with Gasteiger partial charge in [-0.2, -0.15) is 4.31 Å². The summed E-state index contributed by atoms with van der Waals surface area (Å²) < 4.78 is 27.1. The second-order valence-electron chi connectivity index (χ2n) is 5.56. The SMILES string of the molecule is Cc1cc(C)cc(S(=O)(=O)N2CC(C)NCC2C)c1. The summed E-state index contributed by atoms with van der Waals surface area (Å²) in [5, 5.41) is 3.30. The van der Waals surface area contributed by atoms with E-state index in [0.29, 0.717) is 18.0 Å². The van der Waals surface area contributed by atoms with Gasteiger partial charge in [0.05, 0.1) is 4.90 Å². The van der Waals surface area contributed by atoms with Gasteiger partial charge in [0, 0.05) is 25.2 Å². The van der Waals surface area contributed by atoms with Crippen molar-refractivity contribution in [2.45, 2.75) is 44.7 Å². The minimum absolute atomic E-state index is 0.0120. The molecule has 5 heteroatoms. The minimum atomic E-state index is -3.40. The average Bonchev–Trinajstić information content (AvgIpc) is 2.31. The normalized spacial score (nSPS) is 25.5. The Morgan fingerprint density at radius 1 is 1.16 bits per heavy atom. The molecule has 2 atom stereocenters. The van der Waals surface area contributed by atoms with Crippen molar-refractivity contribution in [2.24, 2.45) is 0 Å². The van der Waals surface area contributed by atoms with Crippen LogP contribution in [0, 0.1) is 13.8 Å². The first-order valence-electron chi connectivity index (χ1n) is 6.64. The lowest BCUT2D eigenvalue weighted by Gasteiger charge is -2.36. The van der Waals surface area contributed by atoms with Crippen LogP contribution in [0.4, 0.5) is 0 Å². The summed E-state index contributed by atoms with van der Waals surface area (Å²) in [5.41, 5.74) is 1.96. The molecule has 2 unspecified atom stereocenters. The molecular formula is C14H22N2O2S. The summed E-state index contributed by atoms with van der Waals surface area (Å²) in [6, 6.07) is 5.67. The highest BCUT2D eigenvalue weighted by molar-refractivity contribution is 7.89. The number of nitrogens with zero attached hydrogens (tertiary/aromatic N) is 1. The Kier molecular flexibility index (Phi) is 3.99. The van der Waals surface area contributed by atoms with Crippen molar-refractivity contribution in [2.75, 3.05) is 13.1 Å². The zero-order valence-corrected chi connectivity index (χ0v) is 12.8. The smallest absolute Gasteiger partial charge is 0.243 e. The van der Waals surface area contributed by atoms with Crippen molar-refractivity contribution in [3.8, 4) is 0 Å². The zero-order valence-electron chi connectivity index (χ0n) is 12.0. The molecule has 0 saturated carbocycles. The van der Waals surface area contributed by atoms with E-state index in [4.69, 9.17) is 0 Å². The van der Waals surface area contributed by atoms with Crippen molar-refractivity contribution in [3.05, 3.63) is 29.3 Å². The zero-order chi connectivity index (χ0) is 14.2. The first-order valence-corrected chi connectivity index (χ1v) is 8.08. The lowest BCUT2D eigenvalue weighted by atomic mass is 10.2. The number of benzene rings is 1. The number of sulfonamides is 1. The molecule has 0 bridgehead atoms. The lowest BCUT2D eigenvalue weighted by molar-refractivity contribution is 0.244. The van der Waals surface area contributed by atoms with Crippen LogP contribution in [0.5, 0.6) is 0 Å². The van der Waals surface area contributed by atoms with Crippen LogP contribution < -0.4 is 5.32 Å². The van der Waals surface area contributed by atoms with E-state index in [1.165, 1.54) is 0 Å². The number of aryl methyl sites for hydroxylation is 2.